The molecule has 1 aliphatic carbocycles. The van der Waals surface area contributed by atoms with Crippen molar-refractivity contribution in [3.8, 4) is 0 Å². The highest BCUT2D eigenvalue weighted by atomic mass is 16.5. The van der Waals surface area contributed by atoms with Gasteiger partial charge in [0.15, 0.2) is 0 Å². The molecule has 0 heterocycles. The SMILES string of the molecule is CCOC(=O)C1=CCC(=C=O)C=C1. The molecule has 0 unspecified atom stereocenters. The fourth-order valence-corrected chi connectivity index (χ4v) is 0.988. The third-order valence-electron chi connectivity index (χ3n) is 1.65. The van der Waals surface area contributed by atoms with Crippen molar-refractivity contribution in [2.45, 2.75) is 13.3 Å². The Balaban J connectivity index is 2.67. The first-order valence-electron chi connectivity index (χ1n) is 4.07. The molecule has 0 spiro atoms. The Morgan fingerprint density at radius 3 is 2.85 bits per heavy atom. The molecule has 68 valence electrons. The van der Waals surface area contributed by atoms with Crippen molar-refractivity contribution in [3.05, 3.63) is 29.4 Å². The van der Waals surface area contributed by atoms with E-state index in [0.717, 1.165) is 0 Å². The van der Waals surface area contributed by atoms with Crippen LogP contribution in [0, 0.1) is 0 Å². The van der Waals surface area contributed by atoms with Crippen LogP contribution >= 0.6 is 0 Å². The number of hydrogen-bond donors (Lipinski definition) is 0. The average molecular weight is 178 g/mol. The van der Waals surface area contributed by atoms with E-state index in [1.54, 1.807) is 31.1 Å². The molecule has 13 heavy (non-hydrogen) atoms. The topological polar surface area (TPSA) is 43.4 Å². The summed E-state index contributed by atoms with van der Waals surface area (Å²) >= 11 is 0. The van der Waals surface area contributed by atoms with E-state index < -0.39 is 0 Å². The number of carbonyl (C=O) groups excluding carboxylic acids is 2. The van der Waals surface area contributed by atoms with Gasteiger partial charge in [0, 0.05) is 12.0 Å². The van der Waals surface area contributed by atoms with Gasteiger partial charge in [-0.15, -0.1) is 0 Å². The van der Waals surface area contributed by atoms with Crippen LogP contribution in [0.15, 0.2) is 29.4 Å². The van der Waals surface area contributed by atoms with Gasteiger partial charge in [0.25, 0.3) is 0 Å². The van der Waals surface area contributed by atoms with E-state index in [0.29, 0.717) is 24.2 Å². The number of esters is 1. The van der Waals surface area contributed by atoms with Gasteiger partial charge in [-0.2, -0.15) is 0 Å². The summed E-state index contributed by atoms with van der Waals surface area (Å²) in [6.45, 7) is 2.11. The van der Waals surface area contributed by atoms with Gasteiger partial charge < -0.3 is 4.74 Å². The molecule has 1 aliphatic rings. The van der Waals surface area contributed by atoms with E-state index in [1.165, 1.54) is 0 Å². The highest BCUT2D eigenvalue weighted by Crippen LogP contribution is 2.13. The summed E-state index contributed by atoms with van der Waals surface area (Å²) in [7, 11) is 0. The Kier molecular flexibility index (Phi) is 3.23. The van der Waals surface area contributed by atoms with Crippen molar-refractivity contribution in [2.75, 3.05) is 6.61 Å². The summed E-state index contributed by atoms with van der Waals surface area (Å²) in [5, 5.41) is 0. The van der Waals surface area contributed by atoms with Crippen molar-refractivity contribution >= 4 is 11.9 Å². The molecular weight excluding hydrogens is 168 g/mol. The van der Waals surface area contributed by atoms with Gasteiger partial charge in [-0.25, -0.2) is 9.59 Å². The first kappa shape index (κ1) is 9.49. The maximum atomic E-state index is 11.1. The van der Waals surface area contributed by atoms with Crippen LogP contribution in [0.2, 0.25) is 0 Å². The monoisotopic (exact) mass is 178 g/mol. The van der Waals surface area contributed by atoms with E-state index in [9.17, 15) is 9.59 Å². The van der Waals surface area contributed by atoms with Crippen LogP contribution in [-0.2, 0) is 14.3 Å². The van der Waals surface area contributed by atoms with Crippen molar-refractivity contribution in [2.24, 2.45) is 0 Å². The zero-order valence-electron chi connectivity index (χ0n) is 7.37. The summed E-state index contributed by atoms with van der Waals surface area (Å²) in [5.74, 6) is 1.43. The summed E-state index contributed by atoms with van der Waals surface area (Å²) < 4.78 is 4.78. The van der Waals surface area contributed by atoms with Gasteiger partial charge in [0.05, 0.1) is 12.2 Å². The van der Waals surface area contributed by atoms with E-state index in [2.05, 4.69) is 0 Å². The van der Waals surface area contributed by atoms with Crippen molar-refractivity contribution in [1.29, 1.82) is 0 Å². The summed E-state index contributed by atoms with van der Waals surface area (Å²) in [6, 6.07) is 0. The van der Waals surface area contributed by atoms with E-state index >= 15 is 0 Å². The summed E-state index contributed by atoms with van der Waals surface area (Å²) in [4.78, 5) is 21.3. The van der Waals surface area contributed by atoms with Crippen LogP contribution in [0.5, 0.6) is 0 Å². The van der Waals surface area contributed by atoms with Crippen LogP contribution in [0.3, 0.4) is 0 Å². The molecule has 0 saturated heterocycles. The van der Waals surface area contributed by atoms with Crippen molar-refractivity contribution in [1.82, 2.24) is 0 Å². The third-order valence-corrected chi connectivity index (χ3v) is 1.65. The molecular formula is C10H10O3. The first-order chi connectivity index (χ1) is 6.27. The second kappa shape index (κ2) is 4.43. The second-order valence-electron chi connectivity index (χ2n) is 2.54. The zero-order chi connectivity index (χ0) is 9.68. The molecule has 0 aliphatic heterocycles. The maximum absolute atomic E-state index is 11.1. The zero-order valence-corrected chi connectivity index (χ0v) is 7.37. The molecule has 0 amide bonds. The molecule has 1 rings (SSSR count). The van der Waals surface area contributed by atoms with Gasteiger partial charge in [-0.1, -0.05) is 6.08 Å². The fraction of sp³-hybridized carbons (Fsp3) is 0.300. The molecule has 0 fully saturated rings. The lowest BCUT2D eigenvalue weighted by Crippen LogP contribution is -2.07. The van der Waals surface area contributed by atoms with Crippen molar-refractivity contribution in [3.63, 3.8) is 0 Å². The number of rotatable bonds is 2. The molecule has 0 aromatic heterocycles. The van der Waals surface area contributed by atoms with E-state index in [4.69, 9.17) is 4.74 Å². The second-order valence-corrected chi connectivity index (χ2v) is 2.54. The lowest BCUT2D eigenvalue weighted by Gasteiger charge is -2.05. The first-order valence-corrected chi connectivity index (χ1v) is 4.07. The minimum absolute atomic E-state index is 0.344. The average Bonchev–Trinajstić information content (AvgIpc) is 2.18. The van der Waals surface area contributed by atoms with Crippen molar-refractivity contribution < 1.29 is 14.3 Å². The Morgan fingerprint density at radius 2 is 2.38 bits per heavy atom. The predicted octanol–water partition coefficient (Wildman–Crippen LogP) is 1.19. The fourth-order valence-electron chi connectivity index (χ4n) is 0.988. The Morgan fingerprint density at radius 1 is 1.62 bits per heavy atom. The molecule has 0 N–H and O–H groups in total. The quantitative estimate of drug-likeness (QED) is 0.471. The normalized spacial score (nSPS) is 14.8. The summed E-state index contributed by atoms with van der Waals surface area (Å²) in [5.41, 5.74) is 1.05. The van der Waals surface area contributed by atoms with Gasteiger partial charge >= 0.3 is 5.97 Å². The molecule has 3 heteroatoms. The summed E-state index contributed by atoms with van der Waals surface area (Å²) in [6.07, 6.45) is 5.27. The van der Waals surface area contributed by atoms with Crippen LogP contribution < -0.4 is 0 Å². The standard InChI is InChI=1S/C10H10O3/c1-2-13-10(12)9-5-3-8(7-11)4-6-9/h3,5-6H,2,4H2,1H3. The Labute approximate surface area is 76.4 Å². The van der Waals surface area contributed by atoms with Gasteiger partial charge in [-0.3, -0.25) is 0 Å². The Hall–Kier alpha value is -1.60. The van der Waals surface area contributed by atoms with Crippen LogP contribution in [0.25, 0.3) is 0 Å². The van der Waals surface area contributed by atoms with Crippen LogP contribution in [0.4, 0.5) is 0 Å². The van der Waals surface area contributed by atoms with Crippen LogP contribution in [0.1, 0.15) is 13.3 Å². The lowest BCUT2D eigenvalue weighted by atomic mass is 10.0. The largest absolute Gasteiger partial charge is 0.462 e. The smallest absolute Gasteiger partial charge is 0.337 e. The predicted molar refractivity (Wildman–Crippen MR) is 47.7 cm³/mol. The number of carbonyl (C=O) groups is 1. The number of ether oxygens (including phenoxy) is 1. The maximum Gasteiger partial charge on any atom is 0.337 e. The van der Waals surface area contributed by atoms with Gasteiger partial charge in [0.2, 0.25) is 0 Å². The molecule has 0 aromatic carbocycles. The highest BCUT2D eigenvalue weighted by Gasteiger charge is 2.10. The number of hydrogen-bond acceptors (Lipinski definition) is 3. The molecule has 0 radical (unpaired) electrons. The number of allylic oxidation sites excluding steroid dienone is 3. The minimum atomic E-state index is -0.344. The Bertz CT molecular complexity index is 317. The molecule has 3 nitrogen and oxygen atoms in total. The van der Waals surface area contributed by atoms with E-state index in [-0.39, 0.29) is 5.97 Å². The van der Waals surface area contributed by atoms with Gasteiger partial charge in [-0.05, 0) is 19.1 Å². The highest BCUT2D eigenvalue weighted by molar-refractivity contribution is 5.92. The minimum Gasteiger partial charge on any atom is -0.462 e. The molecule has 0 atom stereocenters. The van der Waals surface area contributed by atoms with E-state index in [1.807, 2.05) is 0 Å². The third kappa shape index (κ3) is 2.42. The molecule has 0 bridgehead atoms. The molecule has 0 aromatic rings. The molecule has 0 saturated carbocycles. The lowest BCUT2D eigenvalue weighted by molar-refractivity contribution is -0.138. The van der Waals surface area contributed by atoms with Crippen LogP contribution in [-0.4, -0.2) is 18.5 Å². The van der Waals surface area contributed by atoms with Gasteiger partial charge in [0.1, 0.15) is 5.94 Å².